The van der Waals surface area contributed by atoms with Gasteiger partial charge in [0.05, 0.1) is 16.6 Å². The third kappa shape index (κ3) is 3.90. The van der Waals surface area contributed by atoms with E-state index in [-0.39, 0.29) is 16.9 Å². The molecule has 3 atom stereocenters. The Morgan fingerprint density at radius 1 is 1.00 bits per heavy atom. The minimum Gasteiger partial charge on any atom is -0.378 e. The minimum absolute atomic E-state index is 0.110. The molecule has 2 aliphatic rings. The lowest BCUT2D eigenvalue weighted by atomic mass is 9.77. The zero-order chi connectivity index (χ0) is 22.5. The second kappa shape index (κ2) is 8.14. The molecular formula is C25H22Cl2N2O2S. The van der Waals surface area contributed by atoms with E-state index < -0.39 is 10.0 Å². The molecule has 0 radical (unpaired) electrons. The number of aryl methyl sites for hydroxylation is 1. The van der Waals surface area contributed by atoms with Crippen molar-refractivity contribution >= 4 is 44.6 Å². The van der Waals surface area contributed by atoms with Crippen molar-refractivity contribution in [3.8, 4) is 0 Å². The number of anilines is 2. The molecule has 32 heavy (non-hydrogen) atoms. The predicted octanol–water partition coefficient (Wildman–Crippen LogP) is 6.93. The van der Waals surface area contributed by atoms with E-state index in [0.29, 0.717) is 21.7 Å². The number of sulfonamides is 1. The summed E-state index contributed by atoms with van der Waals surface area (Å²) in [6, 6.07) is 18.4. The number of nitrogens with one attached hydrogen (secondary N) is 2. The monoisotopic (exact) mass is 484 g/mol. The van der Waals surface area contributed by atoms with Gasteiger partial charge >= 0.3 is 0 Å². The lowest BCUT2D eigenvalue weighted by Gasteiger charge is -2.37. The number of hydrogen-bond acceptors (Lipinski definition) is 3. The van der Waals surface area contributed by atoms with Crippen molar-refractivity contribution in [2.45, 2.75) is 30.2 Å². The summed E-state index contributed by atoms with van der Waals surface area (Å²) >= 11 is 12.2. The average Bonchev–Trinajstić information content (AvgIpc) is 3.25. The molecule has 5 rings (SSSR count). The normalized spacial score (nSPS) is 21.5. The summed E-state index contributed by atoms with van der Waals surface area (Å²) in [5.41, 5.74) is 4.37. The van der Waals surface area contributed by atoms with E-state index in [1.54, 1.807) is 30.3 Å². The van der Waals surface area contributed by atoms with Gasteiger partial charge in [0.1, 0.15) is 0 Å². The summed E-state index contributed by atoms with van der Waals surface area (Å²) in [6.45, 7) is 1.82. The van der Waals surface area contributed by atoms with Gasteiger partial charge in [0.25, 0.3) is 10.0 Å². The number of allylic oxidation sites excluding steroid dienone is 2. The van der Waals surface area contributed by atoms with Gasteiger partial charge in [-0.05, 0) is 84.5 Å². The van der Waals surface area contributed by atoms with Crippen LogP contribution in [0.1, 0.15) is 35.1 Å². The molecule has 0 aromatic heterocycles. The fraction of sp³-hybridized carbons (Fsp3) is 0.200. The molecule has 0 saturated carbocycles. The van der Waals surface area contributed by atoms with Crippen molar-refractivity contribution in [3.63, 3.8) is 0 Å². The lowest BCUT2D eigenvalue weighted by molar-refractivity contribution is 0.425. The van der Waals surface area contributed by atoms with Gasteiger partial charge in [-0.15, -0.1) is 0 Å². The second-order valence-electron chi connectivity index (χ2n) is 8.34. The van der Waals surface area contributed by atoms with E-state index in [1.807, 2.05) is 31.2 Å². The van der Waals surface area contributed by atoms with Crippen LogP contribution in [-0.2, 0) is 10.0 Å². The van der Waals surface area contributed by atoms with Crippen molar-refractivity contribution in [2.24, 2.45) is 5.92 Å². The van der Waals surface area contributed by atoms with Crippen LogP contribution in [0.3, 0.4) is 0 Å². The third-order valence-corrected chi connectivity index (χ3v) is 8.12. The highest BCUT2D eigenvalue weighted by Gasteiger charge is 2.38. The Morgan fingerprint density at radius 2 is 1.81 bits per heavy atom. The van der Waals surface area contributed by atoms with E-state index in [4.69, 9.17) is 23.2 Å². The number of benzene rings is 3. The Kier molecular flexibility index (Phi) is 5.44. The molecule has 1 aliphatic carbocycles. The van der Waals surface area contributed by atoms with Crippen LogP contribution in [0.4, 0.5) is 11.4 Å². The summed E-state index contributed by atoms with van der Waals surface area (Å²) in [7, 11) is -3.74. The molecule has 1 heterocycles. The van der Waals surface area contributed by atoms with Crippen molar-refractivity contribution in [2.75, 3.05) is 10.0 Å². The minimum atomic E-state index is -3.74. The van der Waals surface area contributed by atoms with Crippen LogP contribution in [0.5, 0.6) is 0 Å². The average molecular weight is 485 g/mol. The summed E-state index contributed by atoms with van der Waals surface area (Å²) in [5, 5.41) is 4.91. The van der Waals surface area contributed by atoms with E-state index in [9.17, 15) is 8.42 Å². The molecule has 0 spiro atoms. The van der Waals surface area contributed by atoms with E-state index >= 15 is 0 Å². The Bertz CT molecular complexity index is 1340. The molecule has 7 heteroatoms. The standard InChI is InChI=1S/C25H22Cl2N2O2S/c1-15-12-18(27)8-10-23(15)29-32(30,31)19-9-11-24-22(14-19)20-6-3-7-21(20)25(28-24)16-4-2-5-17(26)13-16/h2-6,8-14,20-21,25,28-29H,7H2,1H3/t20-,21+,25+/m0/s1. The smallest absolute Gasteiger partial charge is 0.261 e. The highest BCUT2D eigenvalue weighted by atomic mass is 35.5. The molecular weight excluding hydrogens is 463 g/mol. The van der Waals surface area contributed by atoms with Crippen LogP contribution in [0, 0.1) is 12.8 Å². The molecule has 0 unspecified atom stereocenters. The maximum absolute atomic E-state index is 13.1. The van der Waals surface area contributed by atoms with Gasteiger partial charge in [0, 0.05) is 21.7 Å². The zero-order valence-electron chi connectivity index (χ0n) is 17.3. The Hall–Kier alpha value is -2.47. The van der Waals surface area contributed by atoms with Crippen LogP contribution in [0.25, 0.3) is 0 Å². The molecule has 0 bridgehead atoms. The van der Waals surface area contributed by atoms with Gasteiger partial charge in [-0.3, -0.25) is 4.72 Å². The molecule has 3 aromatic rings. The summed E-state index contributed by atoms with van der Waals surface area (Å²) in [5.74, 6) is 0.438. The first kappa shape index (κ1) is 21.4. The topological polar surface area (TPSA) is 58.2 Å². The van der Waals surface area contributed by atoms with E-state index in [0.717, 1.165) is 28.8 Å². The van der Waals surface area contributed by atoms with Gasteiger partial charge in [-0.25, -0.2) is 8.42 Å². The van der Waals surface area contributed by atoms with Crippen molar-refractivity contribution in [1.82, 2.24) is 0 Å². The van der Waals surface area contributed by atoms with Crippen LogP contribution < -0.4 is 10.0 Å². The number of halogens is 2. The summed E-state index contributed by atoms with van der Waals surface area (Å²) in [4.78, 5) is 0.243. The van der Waals surface area contributed by atoms with Gasteiger partial charge in [-0.1, -0.05) is 47.5 Å². The Labute approximate surface area is 198 Å². The SMILES string of the molecule is Cc1cc(Cl)ccc1NS(=O)(=O)c1ccc2c(c1)[C@H]1C=CC[C@H]1[C@@H](c1cccc(Cl)c1)N2. The van der Waals surface area contributed by atoms with Gasteiger partial charge in [0.15, 0.2) is 0 Å². The Balaban J connectivity index is 1.49. The number of fused-ring (bicyclic) bond motifs is 3. The van der Waals surface area contributed by atoms with Crippen LogP contribution >= 0.6 is 23.2 Å². The quantitative estimate of drug-likeness (QED) is 0.394. The van der Waals surface area contributed by atoms with E-state index in [1.165, 1.54) is 0 Å². The fourth-order valence-corrected chi connectivity index (χ4v) is 6.31. The summed E-state index contributed by atoms with van der Waals surface area (Å²) < 4.78 is 29.0. The van der Waals surface area contributed by atoms with Crippen LogP contribution in [0.15, 0.2) is 77.7 Å². The first-order valence-corrected chi connectivity index (χ1v) is 12.7. The largest absolute Gasteiger partial charge is 0.378 e. The molecule has 0 saturated heterocycles. The van der Waals surface area contributed by atoms with Crippen LogP contribution in [0.2, 0.25) is 10.0 Å². The lowest BCUT2D eigenvalue weighted by Crippen LogP contribution is -2.29. The van der Waals surface area contributed by atoms with Gasteiger partial charge < -0.3 is 5.32 Å². The second-order valence-corrected chi connectivity index (χ2v) is 10.9. The fourth-order valence-electron chi connectivity index (χ4n) is 4.71. The summed E-state index contributed by atoms with van der Waals surface area (Å²) in [6.07, 6.45) is 5.29. The molecule has 0 amide bonds. The number of rotatable bonds is 4. The van der Waals surface area contributed by atoms with Gasteiger partial charge in [-0.2, -0.15) is 0 Å². The first-order valence-electron chi connectivity index (χ1n) is 10.4. The molecule has 4 nitrogen and oxygen atoms in total. The first-order chi connectivity index (χ1) is 15.3. The van der Waals surface area contributed by atoms with Crippen molar-refractivity contribution in [1.29, 1.82) is 0 Å². The molecule has 2 N–H and O–H groups in total. The van der Waals surface area contributed by atoms with Crippen LogP contribution in [-0.4, -0.2) is 8.42 Å². The predicted molar refractivity (Wildman–Crippen MR) is 131 cm³/mol. The maximum atomic E-state index is 13.1. The van der Waals surface area contributed by atoms with Gasteiger partial charge in [0.2, 0.25) is 0 Å². The van der Waals surface area contributed by atoms with Crippen molar-refractivity contribution in [3.05, 3.63) is 99.6 Å². The molecule has 1 aliphatic heterocycles. The Morgan fingerprint density at radius 3 is 2.59 bits per heavy atom. The molecule has 0 fully saturated rings. The zero-order valence-corrected chi connectivity index (χ0v) is 19.7. The van der Waals surface area contributed by atoms with E-state index in [2.05, 4.69) is 28.3 Å². The third-order valence-electron chi connectivity index (χ3n) is 6.29. The highest BCUT2D eigenvalue weighted by Crippen LogP contribution is 2.50. The maximum Gasteiger partial charge on any atom is 0.261 e. The molecule has 164 valence electrons. The highest BCUT2D eigenvalue weighted by molar-refractivity contribution is 7.92. The van der Waals surface area contributed by atoms with Crippen molar-refractivity contribution < 1.29 is 8.42 Å². The number of hydrogen-bond donors (Lipinski definition) is 2. The molecule has 3 aromatic carbocycles.